The molecule has 3 amide bonds. The van der Waals surface area contributed by atoms with Crippen molar-refractivity contribution in [1.82, 2.24) is 16.2 Å². The Kier molecular flexibility index (Phi) is 8.91. The van der Waals surface area contributed by atoms with Gasteiger partial charge in [0.1, 0.15) is 6.04 Å². The van der Waals surface area contributed by atoms with Crippen molar-refractivity contribution in [3.63, 3.8) is 0 Å². The Morgan fingerprint density at radius 1 is 0.926 bits per heavy atom. The lowest BCUT2D eigenvalue weighted by Gasteiger charge is -2.17. The average Bonchev–Trinajstić information content (AvgIpc) is 2.61. The van der Waals surface area contributed by atoms with Crippen molar-refractivity contribution in [1.29, 1.82) is 0 Å². The molecule has 1 aromatic carbocycles. The third-order valence-electron chi connectivity index (χ3n) is 3.28. The number of hydrogen-bond acceptors (Lipinski definition) is 6. The molecule has 1 unspecified atom stereocenters. The summed E-state index contributed by atoms with van der Waals surface area (Å²) in [6.07, 6.45) is 0. The van der Waals surface area contributed by atoms with E-state index in [9.17, 15) is 14.4 Å². The van der Waals surface area contributed by atoms with Gasteiger partial charge in [0.2, 0.25) is 11.7 Å². The molecule has 0 aliphatic rings. The smallest absolute Gasteiger partial charge is 0.269 e. The molecule has 0 radical (unpaired) electrons. The molecule has 0 saturated heterocycles. The zero-order valence-electron chi connectivity index (χ0n) is 16.3. The van der Waals surface area contributed by atoms with E-state index in [2.05, 4.69) is 16.2 Å². The van der Waals surface area contributed by atoms with E-state index in [0.29, 0.717) is 37.1 Å². The second-order valence-electron chi connectivity index (χ2n) is 5.47. The zero-order chi connectivity index (χ0) is 20.4. The van der Waals surface area contributed by atoms with E-state index in [-0.39, 0.29) is 11.5 Å². The standard InChI is InChI=1S/C18H27N3O6/c1-6-25-14-9-13(10-15(26-7-2)16(14)27-8-3)18(24)21-20-17(23)11(4)19-12(5)22/h9-11H,6-8H2,1-5H3,(H,19,22)(H,20,23)(H,21,24). The molecule has 0 aliphatic carbocycles. The molecule has 9 nitrogen and oxygen atoms in total. The van der Waals surface area contributed by atoms with Crippen LogP contribution in [0.5, 0.6) is 17.2 Å². The van der Waals surface area contributed by atoms with Gasteiger partial charge in [0.25, 0.3) is 11.8 Å². The SMILES string of the molecule is CCOc1cc(C(=O)NNC(=O)C(C)NC(C)=O)cc(OCC)c1OCC. The van der Waals surface area contributed by atoms with Crippen LogP contribution in [0.4, 0.5) is 0 Å². The Hall–Kier alpha value is -2.97. The van der Waals surface area contributed by atoms with Crippen molar-refractivity contribution < 1.29 is 28.6 Å². The topological polar surface area (TPSA) is 115 Å². The first-order chi connectivity index (χ1) is 12.8. The summed E-state index contributed by atoms with van der Waals surface area (Å²) in [5.74, 6) is -0.316. The van der Waals surface area contributed by atoms with Crippen molar-refractivity contribution in [2.75, 3.05) is 19.8 Å². The third kappa shape index (κ3) is 6.69. The second-order valence-corrected chi connectivity index (χ2v) is 5.47. The largest absolute Gasteiger partial charge is 0.490 e. The lowest BCUT2D eigenvalue weighted by atomic mass is 10.1. The van der Waals surface area contributed by atoms with Gasteiger partial charge in [-0.05, 0) is 39.8 Å². The molecule has 1 aromatic rings. The van der Waals surface area contributed by atoms with Gasteiger partial charge < -0.3 is 19.5 Å². The number of carbonyl (C=O) groups excluding carboxylic acids is 3. The van der Waals surface area contributed by atoms with Gasteiger partial charge in [-0.3, -0.25) is 25.2 Å². The zero-order valence-corrected chi connectivity index (χ0v) is 16.3. The Morgan fingerprint density at radius 3 is 1.89 bits per heavy atom. The first-order valence-corrected chi connectivity index (χ1v) is 8.77. The van der Waals surface area contributed by atoms with E-state index >= 15 is 0 Å². The molecule has 0 spiro atoms. The van der Waals surface area contributed by atoms with Gasteiger partial charge in [0.15, 0.2) is 11.5 Å². The van der Waals surface area contributed by atoms with Crippen LogP contribution < -0.4 is 30.4 Å². The van der Waals surface area contributed by atoms with Crippen molar-refractivity contribution in [3.8, 4) is 17.2 Å². The molecule has 27 heavy (non-hydrogen) atoms. The first-order valence-electron chi connectivity index (χ1n) is 8.77. The van der Waals surface area contributed by atoms with Gasteiger partial charge in [-0.1, -0.05) is 0 Å². The van der Waals surface area contributed by atoms with E-state index in [0.717, 1.165) is 0 Å². The summed E-state index contributed by atoms with van der Waals surface area (Å²) in [5, 5.41) is 2.42. The van der Waals surface area contributed by atoms with E-state index < -0.39 is 17.9 Å². The van der Waals surface area contributed by atoms with Crippen molar-refractivity contribution in [2.45, 2.75) is 40.7 Å². The Morgan fingerprint density at radius 2 is 1.44 bits per heavy atom. The molecule has 150 valence electrons. The molecule has 0 aliphatic heterocycles. The van der Waals surface area contributed by atoms with Gasteiger partial charge in [-0.25, -0.2) is 0 Å². The molecule has 9 heteroatoms. The highest BCUT2D eigenvalue weighted by Gasteiger charge is 2.19. The minimum atomic E-state index is -0.791. The number of nitrogens with one attached hydrogen (secondary N) is 3. The predicted molar refractivity (Wildman–Crippen MR) is 98.8 cm³/mol. The van der Waals surface area contributed by atoms with Crippen LogP contribution in [-0.2, 0) is 9.59 Å². The van der Waals surface area contributed by atoms with Gasteiger partial charge >= 0.3 is 0 Å². The number of rotatable bonds is 9. The van der Waals surface area contributed by atoms with Crippen LogP contribution in [0.15, 0.2) is 12.1 Å². The summed E-state index contributed by atoms with van der Waals surface area (Å²) in [6.45, 7) is 9.41. The maximum Gasteiger partial charge on any atom is 0.269 e. The van der Waals surface area contributed by atoms with Crippen LogP contribution >= 0.6 is 0 Å². The molecular weight excluding hydrogens is 354 g/mol. The fourth-order valence-electron chi connectivity index (χ4n) is 2.19. The van der Waals surface area contributed by atoms with Crippen molar-refractivity contribution in [2.24, 2.45) is 0 Å². The van der Waals surface area contributed by atoms with Crippen molar-refractivity contribution in [3.05, 3.63) is 17.7 Å². The normalized spacial score (nSPS) is 11.1. The molecule has 0 saturated carbocycles. The predicted octanol–water partition coefficient (Wildman–Crippen LogP) is 1.17. The highest BCUT2D eigenvalue weighted by atomic mass is 16.5. The Bertz CT molecular complexity index is 650. The maximum atomic E-state index is 12.4. The van der Waals surface area contributed by atoms with E-state index in [1.807, 2.05) is 20.8 Å². The third-order valence-corrected chi connectivity index (χ3v) is 3.28. The average molecular weight is 381 g/mol. The first kappa shape index (κ1) is 22.1. The maximum absolute atomic E-state index is 12.4. The van der Waals surface area contributed by atoms with E-state index in [1.54, 1.807) is 0 Å². The molecular formula is C18H27N3O6. The van der Waals surface area contributed by atoms with Gasteiger partial charge in [-0.15, -0.1) is 0 Å². The summed E-state index contributed by atoms with van der Waals surface area (Å²) in [5.41, 5.74) is 4.78. The lowest BCUT2D eigenvalue weighted by molar-refractivity contribution is -0.128. The summed E-state index contributed by atoms with van der Waals surface area (Å²) in [4.78, 5) is 35.3. The summed E-state index contributed by atoms with van der Waals surface area (Å²) < 4.78 is 16.7. The number of hydrazine groups is 1. The van der Waals surface area contributed by atoms with Gasteiger partial charge in [-0.2, -0.15) is 0 Å². The molecule has 0 fully saturated rings. The Labute approximate surface area is 158 Å². The van der Waals surface area contributed by atoms with Gasteiger partial charge in [0, 0.05) is 12.5 Å². The highest BCUT2D eigenvalue weighted by Crippen LogP contribution is 2.39. The number of carbonyl (C=O) groups is 3. The lowest BCUT2D eigenvalue weighted by Crippen LogP contribution is -2.50. The highest BCUT2D eigenvalue weighted by molar-refractivity contribution is 5.97. The fourth-order valence-corrected chi connectivity index (χ4v) is 2.19. The molecule has 1 rings (SSSR count). The molecule has 3 N–H and O–H groups in total. The van der Waals surface area contributed by atoms with Gasteiger partial charge in [0.05, 0.1) is 19.8 Å². The van der Waals surface area contributed by atoms with Crippen LogP contribution in [0.3, 0.4) is 0 Å². The summed E-state index contributed by atoms with van der Waals surface area (Å²) in [7, 11) is 0. The Balaban J connectivity index is 2.98. The number of benzene rings is 1. The molecule has 1 atom stereocenters. The van der Waals surface area contributed by atoms with Crippen LogP contribution in [0.25, 0.3) is 0 Å². The fraction of sp³-hybridized carbons (Fsp3) is 0.500. The van der Waals surface area contributed by atoms with Crippen molar-refractivity contribution >= 4 is 17.7 Å². The monoisotopic (exact) mass is 381 g/mol. The second kappa shape index (κ2) is 10.9. The number of hydrogen-bond donors (Lipinski definition) is 3. The van der Waals surface area contributed by atoms with Crippen LogP contribution in [-0.4, -0.2) is 43.6 Å². The molecule has 0 heterocycles. The number of amides is 3. The quantitative estimate of drug-likeness (QED) is 0.553. The van der Waals surface area contributed by atoms with E-state index in [4.69, 9.17) is 14.2 Å². The minimum absolute atomic E-state index is 0.220. The number of ether oxygens (including phenoxy) is 3. The summed E-state index contributed by atoms with van der Waals surface area (Å²) in [6, 6.07) is 2.23. The molecule has 0 aromatic heterocycles. The van der Waals surface area contributed by atoms with Crippen LogP contribution in [0.1, 0.15) is 45.0 Å². The van der Waals surface area contributed by atoms with E-state index in [1.165, 1.54) is 26.0 Å². The minimum Gasteiger partial charge on any atom is -0.490 e. The van der Waals surface area contributed by atoms with Crippen LogP contribution in [0.2, 0.25) is 0 Å². The summed E-state index contributed by atoms with van der Waals surface area (Å²) >= 11 is 0. The molecule has 0 bridgehead atoms. The van der Waals surface area contributed by atoms with Crippen LogP contribution in [0, 0.1) is 0 Å².